The number of aromatic nitrogens is 2. The molecule has 2 heterocycles. The van der Waals surface area contributed by atoms with Crippen molar-refractivity contribution in [1.29, 1.82) is 0 Å². The van der Waals surface area contributed by atoms with Gasteiger partial charge in [-0.05, 0) is 36.6 Å². The van der Waals surface area contributed by atoms with Crippen LogP contribution in [0.2, 0.25) is 0 Å². The summed E-state index contributed by atoms with van der Waals surface area (Å²) >= 11 is 5.83. The Morgan fingerprint density at radius 1 is 1.06 bits per heavy atom. The second kappa shape index (κ2) is 6.97. The van der Waals surface area contributed by atoms with Crippen LogP contribution in [0, 0.1) is 0 Å². The minimum atomic E-state index is 0.447. The Balaban J connectivity index is 1.78. The fraction of sp³-hybridized carbons (Fsp3) is 0.286. The van der Waals surface area contributed by atoms with Gasteiger partial charge in [-0.1, -0.05) is 0 Å². The molecule has 0 saturated carbocycles. The highest BCUT2D eigenvalue weighted by molar-refractivity contribution is 6.17. The van der Waals surface area contributed by atoms with Crippen LogP contribution in [0.5, 0.6) is 5.75 Å². The van der Waals surface area contributed by atoms with Crippen LogP contribution in [-0.4, -0.2) is 16.6 Å². The number of nitrogens with zero attached hydrogens (tertiary/aromatic N) is 2. The van der Waals surface area contributed by atoms with Gasteiger partial charge in [-0.3, -0.25) is 9.97 Å². The molecule has 3 nitrogen and oxygen atoms in total. The highest BCUT2D eigenvalue weighted by atomic mass is 35.5. The Labute approximate surface area is 112 Å². The Morgan fingerprint density at radius 3 is 2.61 bits per heavy atom. The predicted octanol–water partition coefficient (Wildman–Crippen LogP) is 3.23. The van der Waals surface area contributed by atoms with Gasteiger partial charge in [0, 0.05) is 24.2 Å². The highest BCUT2D eigenvalue weighted by Gasteiger charge is 2.01. The van der Waals surface area contributed by atoms with E-state index in [9.17, 15) is 0 Å². The standard InChI is InChI=1S/C14H15ClN2O/c15-10-13-5-8-17-11-14(13)18-9-1-2-12-3-6-16-7-4-12/h3-8,11H,1-2,9-10H2. The number of ether oxygens (including phenoxy) is 1. The Kier molecular flexibility index (Phi) is 4.97. The summed E-state index contributed by atoms with van der Waals surface area (Å²) < 4.78 is 5.69. The topological polar surface area (TPSA) is 35.0 Å². The molecule has 0 atom stereocenters. The van der Waals surface area contributed by atoms with Crippen LogP contribution in [0.15, 0.2) is 43.0 Å². The molecule has 0 aromatic carbocycles. The summed E-state index contributed by atoms with van der Waals surface area (Å²) in [5.74, 6) is 1.23. The van der Waals surface area contributed by atoms with Gasteiger partial charge in [-0.15, -0.1) is 11.6 Å². The number of hydrogen-bond donors (Lipinski definition) is 0. The lowest BCUT2D eigenvalue weighted by Gasteiger charge is -2.08. The molecule has 0 aliphatic rings. The molecule has 0 unspecified atom stereocenters. The summed E-state index contributed by atoms with van der Waals surface area (Å²) in [5, 5.41) is 0. The van der Waals surface area contributed by atoms with Crippen molar-refractivity contribution >= 4 is 11.6 Å². The number of pyridine rings is 2. The SMILES string of the molecule is ClCc1ccncc1OCCCc1ccncc1. The van der Waals surface area contributed by atoms with Gasteiger partial charge in [0.1, 0.15) is 5.75 Å². The molecule has 0 N–H and O–H groups in total. The van der Waals surface area contributed by atoms with Crippen LogP contribution >= 0.6 is 11.6 Å². The highest BCUT2D eigenvalue weighted by Crippen LogP contribution is 2.18. The molecule has 2 aromatic rings. The summed E-state index contributed by atoms with van der Waals surface area (Å²) in [4.78, 5) is 8.03. The van der Waals surface area contributed by atoms with Crippen LogP contribution in [-0.2, 0) is 12.3 Å². The van der Waals surface area contributed by atoms with Gasteiger partial charge in [0.2, 0.25) is 0 Å². The van der Waals surface area contributed by atoms with E-state index in [4.69, 9.17) is 16.3 Å². The molecule has 2 rings (SSSR count). The lowest BCUT2D eigenvalue weighted by Crippen LogP contribution is -2.01. The average Bonchev–Trinajstić information content (AvgIpc) is 2.45. The molecule has 0 radical (unpaired) electrons. The van der Waals surface area contributed by atoms with E-state index in [0.29, 0.717) is 12.5 Å². The van der Waals surface area contributed by atoms with E-state index in [1.54, 1.807) is 12.4 Å². The van der Waals surface area contributed by atoms with Gasteiger partial charge in [-0.2, -0.15) is 0 Å². The van der Waals surface area contributed by atoms with Crippen molar-refractivity contribution in [2.75, 3.05) is 6.61 Å². The smallest absolute Gasteiger partial charge is 0.141 e. The summed E-state index contributed by atoms with van der Waals surface area (Å²) in [6, 6.07) is 5.92. The van der Waals surface area contributed by atoms with Crippen molar-refractivity contribution in [3.05, 3.63) is 54.1 Å². The Bertz CT molecular complexity index is 476. The lowest BCUT2D eigenvalue weighted by atomic mass is 10.1. The second-order valence-corrected chi connectivity index (χ2v) is 4.19. The number of rotatable bonds is 6. The number of hydrogen-bond acceptors (Lipinski definition) is 3. The lowest BCUT2D eigenvalue weighted by molar-refractivity contribution is 0.307. The molecule has 0 spiro atoms. The molecular weight excluding hydrogens is 248 g/mol. The summed E-state index contributed by atoms with van der Waals surface area (Å²) in [6.07, 6.45) is 9.00. The molecule has 0 bridgehead atoms. The fourth-order valence-electron chi connectivity index (χ4n) is 1.66. The fourth-order valence-corrected chi connectivity index (χ4v) is 1.88. The second-order valence-electron chi connectivity index (χ2n) is 3.92. The first-order valence-corrected chi connectivity index (χ1v) is 6.44. The zero-order valence-electron chi connectivity index (χ0n) is 10.1. The number of aryl methyl sites for hydroxylation is 1. The van der Waals surface area contributed by atoms with Crippen LogP contribution in [0.25, 0.3) is 0 Å². The molecule has 0 aliphatic carbocycles. The normalized spacial score (nSPS) is 10.3. The monoisotopic (exact) mass is 262 g/mol. The van der Waals surface area contributed by atoms with Crippen molar-refractivity contribution < 1.29 is 4.74 Å². The van der Waals surface area contributed by atoms with E-state index in [-0.39, 0.29) is 0 Å². The maximum atomic E-state index is 5.83. The first-order chi connectivity index (χ1) is 8.90. The van der Waals surface area contributed by atoms with Crippen molar-refractivity contribution in [2.24, 2.45) is 0 Å². The molecule has 0 fully saturated rings. The Morgan fingerprint density at radius 2 is 1.83 bits per heavy atom. The van der Waals surface area contributed by atoms with E-state index in [2.05, 4.69) is 9.97 Å². The van der Waals surface area contributed by atoms with Crippen molar-refractivity contribution in [2.45, 2.75) is 18.7 Å². The zero-order chi connectivity index (χ0) is 12.6. The van der Waals surface area contributed by atoms with E-state index < -0.39 is 0 Å². The van der Waals surface area contributed by atoms with Gasteiger partial charge in [-0.25, -0.2) is 0 Å². The van der Waals surface area contributed by atoms with E-state index in [1.807, 2.05) is 30.6 Å². The Hall–Kier alpha value is -1.61. The average molecular weight is 263 g/mol. The first kappa shape index (κ1) is 12.8. The van der Waals surface area contributed by atoms with Crippen LogP contribution in [0.1, 0.15) is 17.5 Å². The number of alkyl halides is 1. The molecule has 0 amide bonds. The minimum Gasteiger partial charge on any atom is -0.492 e. The molecule has 0 saturated heterocycles. The van der Waals surface area contributed by atoms with Gasteiger partial charge in [0.15, 0.2) is 0 Å². The largest absolute Gasteiger partial charge is 0.492 e. The third-order valence-electron chi connectivity index (χ3n) is 2.63. The molecule has 0 aliphatic heterocycles. The van der Waals surface area contributed by atoms with Crippen LogP contribution in [0.3, 0.4) is 0 Å². The number of halogens is 1. The van der Waals surface area contributed by atoms with Gasteiger partial charge in [0.05, 0.1) is 18.7 Å². The third-order valence-corrected chi connectivity index (χ3v) is 2.92. The summed E-state index contributed by atoms with van der Waals surface area (Å²) in [5.41, 5.74) is 2.26. The van der Waals surface area contributed by atoms with Gasteiger partial charge >= 0.3 is 0 Å². The van der Waals surface area contributed by atoms with E-state index >= 15 is 0 Å². The van der Waals surface area contributed by atoms with Crippen LogP contribution < -0.4 is 4.74 Å². The van der Waals surface area contributed by atoms with Crippen molar-refractivity contribution in [3.8, 4) is 5.75 Å². The molecule has 94 valence electrons. The summed E-state index contributed by atoms with van der Waals surface area (Å²) in [7, 11) is 0. The molecule has 2 aromatic heterocycles. The minimum absolute atomic E-state index is 0.447. The maximum Gasteiger partial charge on any atom is 0.141 e. The first-order valence-electron chi connectivity index (χ1n) is 5.90. The van der Waals surface area contributed by atoms with Gasteiger partial charge in [0.25, 0.3) is 0 Å². The maximum absolute atomic E-state index is 5.83. The quantitative estimate of drug-likeness (QED) is 0.592. The summed E-state index contributed by atoms with van der Waals surface area (Å²) in [6.45, 7) is 0.665. The zero-order valence-corrected chi connectivity index (χ0v) is 10.8. The van der Waals surface area contributed by atoms with E-state index in [1.165, 1.54) is 5.56 Å². The predicted molar refractivity (Wildman–Crippen MR) is 71.8 cm³/mol. The van der Waals surface area contributed by atoms with Gasteiger partial charge < -0.3 is 4.74 Å². The third kappa shape index (κ3) is 3.70. The van der Waals surface area contributed by atoms with Crippen molar-refractivity contribution in [3.63, 3.8) is 0 Å². The molecular formula is C14H15ClN2O. The molecule has 18 heavy (non-hydrogen) atoms. The van der Waals surface area contributed by atoms with E-state index in [0.717, 1.165) is 24.2 Å². The van der Waals surface area contributed by atoms with Crippen molar-refractivity contribution in [1.82, 2.24) is 9.97 Å². The molecule has 4 heteroatoms. The van der Waals surface area contributed by atoms with Crippen LogP contribution in [0.4, 0.5) is 0 Å².